The van der Waals surface area contributed by atoms with Gasteiger partial charge in [0, 0.05) is 18.2 Å². The predicted octanol–water partition coefficient (Wildman–Crippen LogP) is 3.67. The zero-order chi connectivity index (χ0) is 12.8. The van der Waals surface area contributed by atoms with Crippen molar-refractivity contribution >= 4 is 0 Å². The van der Waals surface area contributed by atoms with Crippen LogP contribution in [0.3, 0.4) is 0 Å². The molecule has 0 fully saturated rings. The Bertz CT molecular complexity index is 347. The third-order valence-electron chi connectivity index (χ3n) is 2.83. The van der Waals surface area contributed by atoms with Crippen molar-refractivity contribution in [2.75, 3.05) is 0 Å². The molecule has 0 heterocycles. The molecule has 96 valence electrons. The molecule has 17 heavy (non-hydrogen) atoms. The number of hydrogen-bond donors (Lipinski definition) is 1. The summed E-state index contributed by atoms with van der Waals surface area (Å²) >= 11 is 0. The second-order valence-electron chi connectivity index (χ2n) is 4.97. The molecular weight excluding hydrogens is 210 g/mol. The van der Waals surface area contributed by atoms with E-state index in [1.54, 1.807) is 0 Å². The Morgan fingerprint density at radius 2 is 1.94 bits per heavy atom. The van der Waals surface area contributed by atoms with Crippen LogP contribution in [0.25, 0.3) is 0 Å². The van der Waals surface area contributed by atoms with E-state index in [1.807, 2.05) is 0 Å². The molecule has 1 atom stereocenters. The van der Waals surface area contributed by atoms with Crippen LogP contribution < -0.4 is 10.1 Å². The summed E-state index contributed by atoms with van der Waals surface area (Å²) in [5.74, 6) is 1.00. The summed E-state index contributed by atoms with van der Waals surface area (Å²) in [6.07, 6.45) is 1.37. The Morgan fingerprint density at radius 3 is 2.53 bits per heavy atom. The Kier molecular flexibility index (Phi) is 5.49. The van der Waals surface area contributed by atoms with Crippen LogP contribution in [0.5, 0.6) is 5.75 Å². The molecule has 0 bridgehead atoms. The Hall–Kier alpha value is -1.02. The molecule has 0 saturated heterocycles. The number of hydrogen-bond acceptors (Lipinski definition) is 2. The highest BCUT2D eigenvalue weighted by Gasteiger charge is 2.07. The first-order valence-corrected chi connectivity index (χ1v) is 6.52. The predicted molar refractivity (Wildman–Crippen MR) is 73.5 cm³/mol. The van der Waals surface area contributed by atoms with Gasteiger partial charge >= 0.3 is 0 Å². The maximum Gasteiger partial charge on any atom is 0.124 e. The van der Waals surface area contributed by atoms with E-state index in [0.29, 0.717) is 6.04 Å². The first kappa shape index (κ1) is 14.0. The van der Waals surface area contributed by atoms with Gasteiger partial charge in [0.1, 0.15) is 5.75 Å². The SMILES string of the molecule is CCC(C)NCc1cc(C)ccc1OC(C)C. The van der Waals surface area contributed by atoms with Gasteiger partial charge in [-0.05, 0) is 40.2 Å². The molecule has 1 rings (SSSR count). The van der Waals surface area contributed by atoms with Crippen LogP contribution in [0.4, 0.5) is 0 Å². The zero-order valence-corrected chi connectivity index (χ0v) is 11.7. The van der Waals surface area contributed by atoms with Gasteiger partial charge in [-0.15, -0.1) is 0 Å². The van der Waals surface area contributed by atoms with Gasteiger partial charge in [-0.2, -0.15) is 0 Å². The molecule has 1 aromatic rings. The average molecular weight is 235 g/mol. The van der Waals surface area contributed by atoms with Gasteiger partial charge in [-0.1, -0.05) is 24.6 Å². The molecule has 2 nitrogen and oxygen atoms in total. The number of aryl methyl sites for hydroxylation is 1. The lowest BCUT2D eigenvalue weighted by atomic mass is 10.1. The summed E-state index contributed by atoms with van der Waals surface area (Å²) in [6.45, 7) is 11.5. The minimum Gasteiger partial charge on any atom is -0.491 e. The van der Waals surface area contributed by atoms with Gasteiger partial charge in [0.15, 0.2) is 0 Å². The number of ether oxygens (including phenoxy) is 1. The van der Waals surface area contributed by atoms with Crippen LogP contribution in [0.1, 0.15) is 45.2 Å². The van der Waals surface area contributed by atoms with Gasteiger partial charge in [0.05, 0.1) is 6.10 Å². The third kappa shape index (κ3) is 4.78. The zero-order valence-electron chi connectivity index (χ0n) is 11.7. The van der Waals surface area contributed by atoms with Gasteiger partial charge in [0.2, 0.25) is 0 Å². The fourth-order valence-corrected chi connectivity index (χ4v) is 1.64. The molecule has 0 amide bonds. The highest BCUT2D eigenvalue weighted by Crippen LogP contribution is 2.21. The van der Waals surface area contributed by atoms with Crippen LogP contribution >= 0.6 is 0 Å². The van der Waals surface area contributed by atoms with E-state index in [0.717, 1.165) is 18.7 Å². The lowest BCUT2D eigenvalue weighted by molar-refractivity contribution is 0.239. The van der Waals surface area contributed by atoms with Crippen molar-refractivity contribution < 1.29 is 4.74 Å². The molecule has 0 radical (unpaired) electrons. The summed E-state index contributed by atoms with van der Waals surface area (Å²) in [4.78, 5) is 0. The average Bonchev–Trinajstić information content (AvgIpc) is 2.28. The van der Waals surface area contributed by atoms with E-state index in [4.69, 9.17) is 4.74 Å². The number of benzene rings is 1. The minimum atomic E-state index is 0.222. The molecule has 0 aliphatic carbocycles. The van der Waals surface area contributed by atoms with Crippen molar-refractivity contribution in [3.05, 3.63) is 29.3 Å². The Balaban J connectivity index is 2.76. The number of nitrogens with one attached hydrogen (secondary N) is 1. The van der Waals surface area contributed by atoms with E-state index in [1.165, 1.54) is 11.1 Å². The van der Waals surface area contributed by atoms with Crippen molar-refractivity contribution in [2.24, 2.45) is 0 Å². The molecule has 1 unspecified atom stereocenters. The largest absolute Gasteiger partial charge is 0.491 e. The van der Waals surface area contributed by atoms with E-state index in [-0.39, 0.29) is 6.10 Å². The molecule has 1 aromatic carbocycles. The Morgan fingerprint density at radius 1 is 1.24 bits per heavy atom. The van der Waals surface area contributed by atoms with E-state index < -0.39 is 0 Å². The van der Waals surface area contributed by atoms with Gasteiger partial charge in [-0.3, -0.25) is 0 Å². The highest BCUT2D eigenvalue weighted by molar-refractivity contribution is 5.37. The summed E-state index contributed by atoms with van der Waals surface area (Å²) in [7, 11) is 0. The molecule has 0 spiro atoms. The molecule has 0 aliphatic rings. The fourth-order valence-electron chi connectivity index (χ4n) is 1.64. The summed E-state index contributed by atoms with van der Waals surface area (Å²) in [6, 6.07) is 6.92. The second-order valence-corrected chi connectivity index (χ2v) is 4.97. The van der Waals surface area contributed by atoms with Crippen LogP contribution in [-0.4, -0.2) is 12.1 Å². The van der Waals surface area contributed by atoms with Gasteiger partial charge < -0.3 is 10.1 Å². The van der Waals surface area contributed by atoms with Crippen LogP contribution in [-0.2, 0) is 6.54 Å². The van der Waals surface area contributed by atoms with E-state index in [9.17, 15) is 0 Å². The van der Waals surface area contributed by atoms with Crippen molar-refractivity contribution in [3.63, 3.8) is 0 Å². The molecular formula is C15H25NO. The first-order valence-electron chi connectivity index (χ1n) is 6.52. The monoisotopic (exact) mass is 235 g/mol. The van der Waals surface area contributed by atoms with Gasteiger partial charge in [0.25, 0.3) is 0 Å². The van der Waals surface area contributed by atoms with Gasteiger partial charge in [-0.25, -0.2) is 0 Å². The Labute approximate surface area is 105 Å². The number of rotatable bonds is 6. The molecule has 0 aromatic heterocycles. The summed E-state index contributed by atoms with van der Waals surface area (Å²) < 4.78 is 5.83. The molecule has 1 N–H and O–H groups in total. The second kappa shape index (κ2) is 6.65. The topological polar surface area (TPSA) is 21.3 Å². The highest BCUT2D eigenvalue weighted by atomic mass is 16.5. The fraction of sp³-hybridized carbons (Fsp3) is 0.600. The lowest BCUT2D eigenvalue weighted by Crippen LogP contribution is -2.25. The quantitative estimate of drug-likeness (QED) is 0.812. The smallest absolute Gasteiger partial charge is 0.124 e. The third-order valence-corrected chi connectivity index (χ3v) is 2.83. The minimum absolute atomic E-state index is 0.222. The van der Waals surface area contributed by atoms with Crippen LogP contribution in [0, 0.1) is 6.92 Å². The summed E-state index contributed by atoms with van der Waals surface area (Å²) in [5.41, 5.74) is 2.53. The van der Waals surface area contributed by atoms with Crippen LogP contribution in [0.2, 0.25) is 0 Å². The van der Waals surface area contributed by atoms with E-state index in [2.05, 4.69) is 58.1 Å². The van der Waals surface area contributed by atoms with Crippen LogP contribution in [0.15, 0.2) is 18.2 Å². The maximum absolute atomic E-state index is 5.83. The van der Waals surface area contributed by atoms with Crippen molar-refractivity contribution in [1.29, 1.82) is 0 Å². The van der Waals surface area contributed by atoms with Crippen molar-refractivity contribution in [2.45, 2.75) is 59.7 Å². The molecule has 0 saturated carbocycles. The standard InChI is InChI=1S/C15H25NO/c1-6-13(5)16-10-14-9-12(4)7-8-15(14)17-11(2)3/h7-9,11,13,16H,6,10H2,1-5H3. The first-order chi connectivity index (χ1) is 8.02. The molecule has 2 heteroatoms. The summed E-state index contributed by atoms with van der Waals surface area (Å²) in [5, 5.41) is 3.51. The van der Waals surface area contributed by atoms with E-state index >= 15 is 0 Å². The maximum atomic E-state index is 5.83. The van der Waals surface area contributed by atoms with Crippen molar-refractivity contribution in [3.8, 4) is 5.75 Å². The normalized spacial score (nSPS) is 12.8. The lowest BCUT2D eigenvalue weighted by Gasteiger charge is -2.17. The molecule has 0 aliphatic heterocycles. The van der Waals surface area contributed by atoms with Crippen molar-refractivity contribution in [1.82, 2.24) is 5.32 Å².